The molecule has 0 bridgehead atoms. The fraction of sp³-hybridized carbons (Fsp3) is 0.158. The lowest BCUT2D eigenvalue weighted by atomic mass is 10.1. The summed E-state index contributed by atoms with van der Waals surface area (Å²) >= 11 is 0. The maximum Gasteiger partial charge on any atom is 0.255 e. The highest BCUT2D eigenvalue weighted by Crippen LogP contribution is 2.15. The summed E-state index contributed by atoms with van der Waals surface area (Å²) in [7, 11) is 1.58. The number of hydrogen-bond donors (Lipinski definition) is 1. The standard InChI is InChI=1S/C19H19N3O2/c1-14-6-8-15(9-7-14)12-22-13-17(11-20-22)21-19(23)16-4-3-5-18(10-16)24-2/h3-11,13H,12H2,1-2H3,(H,21,23). The third kappa shape index (κ3) is 3.81. The highest BCUT2D eigenvalue weighted by atomic mass is 16.5. The number of aryl methyl sites for hydroxylation is 1. The molecule has 0 unspecified atom stereocenters. The largest absolute Gasteiger partial charge is 0.497 e. The molecule has 0 saturated carbocycles. The van der Waals surface area contributed by atoms with Crippen LogP contribution >= 0.6 is 0 Å². The summed E-state index contributed by atoms with van der Waals surface area (Å²) in [4.78, 5) is 12.3. The van der Waals surface area contributed by atoms with Gasteiger partial charge >= 0.3 is 0 Å². The molecule has 3 rings (SSSR count). The molecule has 0 fully saturated rings. The Morgan fingerprint density at radius 3 is 2.75 bits per heavy atom. The van der Waals surface area contributed by atoms with Crippen LogP contribution < -0.4 is 10.1 Å². The molecule has 5 nitrogen and oxygen atoms in total. The molecule has 0 aliphatic carbocycles. The zero-order valence-corrected chi connectivity index (χ0v) is 13.7. The third-order valence-corrected chi connectivity index (χ3v) is 3.69. The molecule has 2 aromatic carbocycles. The van der Waals surface area contributed by atoms with Gasteiger partial charge in [-0.05, 0) is 30.7 Å². The van der Waals surface area contributed by atoms with Crippen LogP contribution in [0.5, 0.6) is 5.75 Å². The Kier molecular flexibility index (Phi) is 4.61. The van der Waals surface area contributed by atoms with E-state index < -0.39 is 0 Å². The predicted octanol–water partition coefficient (Wildman–Crippen LogP) is 3.50. The first-order chi connectivity index (χ1) is 11.6. The second kappa shape index (κ2) is 7.00. The van der Waals surface area contributed by atoms with Crippen molar-refractivity contribution in [3.05, 3.63) is 77.6 Å². The van der Waals surface area contributed by atoms with Crippen LogP contribution in [-0.4, -0.2) is 22.8 Å². The predicted molar refractivity (Wildman–Crippen MR) is 93.5 cm³/mol. The molecule has 0 radical (unpaired) electrons. The fourth-order valence-electron chi connectivity index (χ4n) is 2.36. The maximum absolute atomic E-state index is 12.3. The number of methoxy groups -OCH3 is 1. The van der Waals surface area contributed by atoms with E-state index >= 15 is 0 Å². The molecule has 1 amide bonds. The maximum atomic E-state index is 12.3. The second-order valence-corrected chi connectivity index (χ2v) is 5.60. The number of carbonyl (C=O) groups excluding carboxylic acids is 1. The van der Waals surface area contributed by atoms with E-state index in [2.05, 4.69) is 41.6 Å². The van der Waals surface area contributed by atoms with Gasteiger partial charge in [-0.2, -0.15) is 5.10 Å². The summed E-state index contributed by atoms with van der Waals surface area (Å²) in [6.45, 7) is 2.72. The van der Waals surface area contributed by atoms with Gasteiger partial charge in [-0.25, -0.2) is 0 Å². The Bertz CT molecular complexity index is 838. The average Bonchev–Trinajstić information content (AvgIpc) is 3.04. The molecular weight excluding hydrogens is 302 g/mol. The Balaban J connectivity index is 1.67. The highest BCUT2D eigenvalue weighted by Gasteiger charge is 2.08. The number of nitrogens with one attached hydrogen (secondary N) is 1. The minimum absolute atomic E-state index is 0.191. The van der Waals surface area contributed by atoms with Gasteiger partial charge in [-0.15, -0.1) is 0 Å². The van der Waals surface area contributed by atoms with Crippen molar-refractivity contribution >= 4 is 11.6 Å². The SMILES string of the molecule is COc1cccc(C(=O)Nc2cnn(Cc3ccc(C)cc3)c2)c1. The first kappa shape index (κ1) is 15.8. The van der Waals surface area contributed by atoms with E-state index in [1.807, 2.05) is 6.20 Å². The van der Waals surface area contributed by atoms with Gasteiger partial charge in [-0.3, -0.25) is 9.48 Å². The van der Waals surface area contributed by atoms with Crippen molar-refractivity contribution in [1.29, 1.82) is 0 Å². The molecule has 1 heterocycles. The van der Waals surface area contributed by atoms with Gasteiger partial charge in [0.25, 0.3) is 5.91 Å². The molecule has 0 aliphatic rings. The van der Waals surface area contributed by atoms with Crippen molar-refractivity contribution in [2.45, 2.75) is 13.5 Å². The number of amides is 1. The molecule has 0 atom stereocenters. The van der Waals surface area contributed by atoms with E-state index in [9.17, 15) is 4.79 Å². The van der Waals surface area contributed by atoms with Gasteiger partial charge in [-0.1, -0.05) is 35.9 Å². The third-order valence-electron chi connectivity index (χ3n) is 3.69. The van der Waals surface area contributed by atoms with Crippen LogP contribution in [0, 0.1) is 6.92 Å². The van der Waals surface area contributed by atoms with Crippen molar-refractivity contribution in [2.24, 2.45) is 0 Å². The number of carbonyl (C=O) groups is 1. The summed E-state index contributed by atoms with van der Waals surface area (Å²) in [5, 5.41) is 7.14. The molecular formula is C19H19N3O2. The van der Waals surface area contributed by atoms with Crippen molar-refractivity contribution in [2.75, 3.05) is 12.4 Å². The lowest BCUT2D eigenvalue weighted by molar-refractivity contribution is 0.102. The van der Waals surface area contributed by atoms with E-state index in [4.69, 9.17) is 4.74 Å². The van der Waals surface area contributed by atoms with Crippen LogP contribution in [-0.2, 0) is 6.54 Å². The lowest BCUT2D eigenvalue weighted by Crippen LogP contribution is -2.11. The molecule has 0 spiro atoms. The number of rotatable bonds is 5. The van der Waals surface area contributed by atoms with Crippen molar-refractivity contribution < 1.29 is 9.53 Å². The molecule has 122 valence electrons. The molecule has 1 aromatic heterocycles. The quantitative estimate of drug-likeness (QED) is 0.782. The average molecular weight is 321 g/mol. The monoisotopic (exact) mass is 321 g/mol. The van der Waals surface area contributed by atoms with E-state index in [0.29, 0.717) is 23.5 Å². The normalized spacial score (nSPS) is 10.4. The minimum Gasteiger partial charge on any atom is -0.497 e. The molecule has 3 aromatic rings. The molecule has 5 heteroatoms. The number of hydrogen-bond acceptors (Lipinski definition) is 3. The van der Waals surface area contributed by atoms with E-state index in [1.54, 1.807) is 42.3 Å². The van der Waals surface area contributed by atoms with Crippen LogP contribution in [0.1, 0.15) is 21.5 Å². The summed E-state index contributed by atoms with van der Waals surface area (Å²) in [5.41, 5.74) is 3.59. The summed E-state index contributed by atoms with van der Waals surface area (Å²) < 4.78 is 6.94. The van der Waals surface area contributed by atoms with Crippen LogP contribution in [0.15, 0.2) is 60.9 Å². The van der Waals surface area contributed by atoms with Crippen molar-refractivity contribution in [3.8, 4) is 5.75 Å². The number of ether oxygens (including phenoxy) is 1. The summed E-state index contributed by atoms with van der Waals surface area (Å²) in [5.74, 6) is 0.460. The van der Waals surface area contributed by atoms with Crippen LogP contribution in [0.2, 0.25) is 0 Å². The fourth-order valence-corrected chi connectivity index (χ4v) is 2.36. The van der Waals surface area contributed by atoms with Crippen LogP contribution in [0.3, 0.4) is 0 Å². The van der Waals surface area contributed by atoms with Gasteiger partial charge in [0.1, 0.15) is 5.75 Å². The molecule has 24 heavy (non-hydrogen) atoms. The number of aromatic nitrogens is 2. The van der Waals surface area contributed by atoms with E-state index in [1.165, 1.54) is 5.56 Å². The Morgan fingerprint density at radius 1 is 1.21 bits per heavy atom. The van der Waals surface area contributed by atoms with Gasteiger partial charge in [0.15, 0.2) is 0 Å². The number of anilines is 1. The zero-order valence-electron chi connectivity index (χ0n) is 13.7. The first-order valence-corrected chi connectivity index (χ1v) is 7.67. The summed E-state index contributed by atoms with van der Waals surface area (Å²) in [6.07, 6.45) is 3.46. The molecule has 1 N–H and O–H groups in total. The second-order valence-electron chi connectivity index (χ2n) is 5.60. The minimum atomic E-state index is -0.191. The Hall–Kier alpha value is -3.08. The van der Waals surface area contributed by atoms with Gasteiger partial charge in [0.05, 0.1) is 25.5 Å². The topological polar surface area (TPSA) is 56.1 Å². The Labute approximate surface area is 140 Å². The summed E-state index contributed by atoms with van der Waals surface area (Å²) in [6, 6.07) is 15.3. The van der Waals surface area contributed by atoms with E-state index in [0.717, 1.165) is 5.56 Å². The Morgan fingerprint density at radius 2 is 2.00 bits per heavy atom. The van der Waals surface area contributed by atoms with Gasteiger partial charge in [0, 0.05) is 11.8 Å². The zero-order chi connectivity index (χ0) is 16.9. The van der Waals surface area contributed by atoms with Gasteiger partial charge < -0.3 is 10.1 Å². The van der Waals surface area contributed by atoms with Crippen molar-refractivity contribution in [1.82, 2.24) is 9.78 Å². The molecule has 0 saturated heterocycles. The van der Waals surface area contributed by atoms with Crippen LogP contribution in [0.4, 0.5) is 5.69 Å². The van der Waals surface area contributed by atoms with Crippen LogP contribution in [0.25, 0.3) is 0 Å². The van der Waals surface area contributed by atoms with Gasteiger partial charge in [0.2, 0.25) is 0 Å². The number of nitrogens with zero attached hydrogens (tertiary/aromatic N) is 2. The first-order valence-electron chi connectivity index (χ1n) is 7.67. The highest BCUT2D eigenvalue weighted by molar-refractivity contribution is 6.04. The number of benzene rings is 2. The van der Waals surface area contributed by atoms with Crippen molar-refractivity contribution in [3.63, 3.8) is 0 Å². The lowest BCUT2D eigenvalue weighted by Gasteiger charge is -2.05. The van der Waals surface area contributed by atoms with E-state index in [-0.39, 0.29) is 5.91 Å². The smallest absolute Gasteiger partial charge is 0.255 e. The molecule has 0 aliphatic heterocycles.